The summed E-state index contributed by atoms with van der Waals surface area (Å²) in [4.78, 5) is 0. The molecule has 0 heterocycles. The molecule has 0 N–H and O–H groups in total. The van der Waals surface area contributed by atoms with Crippen LogP contribution in [-0.4, -0.2) is 41.7 Å². The molecule has 0 nitrogen and oxygen atoms in total. The fourth-order valence-corrected chi connectivity index (χ4v) is 3.54. The first-order valence-corrected chi connectivity index (χ1v) is 11.2. The average Bonchev–Trinajstić information content (AvgIpc) is 2.67. The van der Waals surface area contributed by atoms with Gasteiger partial charge in [0.1, 0.15) is 0 Å². The number of hydrogen-bond acceptors (Lipinski definition) is 0. The predicted octanol–water partition coefficient (Wildman–Crippen LogP) is 10.2. The Balaban J connectivity index is 5.67. The van der Waals surface area contributed by atoms with Crippen molar-refractivity contribution in [2.24, 2.45) is 0 Å². The fraction of sp³-hybridized carbons (Fsp3) is 0.895. The molecular formula is C19H22F15I. The Hall–Kier alpha value is -0.580. The molecule has 0 saturated carbocycles. The molecule has 0 aliphatic rings. The van der Waals surface area contributed by atoms with Crippen molar-refractivity contribution in [3.05, 3.63) is 9.66 Å². The van der Waals surface area contributed by atoms with E-state index in [9.17, 15) is 65.9 Å². The zero-order valence-electron chi connectivity index (χ0n) is 18.0. The highest BCUT2D eigenvalue weighted by molar-refractivity contribution is 14.1. The van der Waals surface area contributed by atoms with Crippen molar-refractivity contribution < 1.29 is 65.9 Å². The van der Waals surface area contributed by atoms with E-state index in [1.54, 1.807) is 0 Å². The van der Waals surface area contributed by atoms with E-state index in [0.29, 0.717) is 12.8 Å². The molecule has 0 fully saturated rings. The maximum Gasteiger partial charge on any atom is 0.460 e. The van der Waals surface area contributed by atoms with Gasteiger partial charge >= 0.3 is 41.7 Å². The first-order valence-electron chi connectivity index (χ1n) is 10.2. The quantitative estimate of drug-likeness (QED) is 0.0931. The van der Waals surface area contributed by atoms with Crippen LogP contribution in [0.2, 0.25) is 0 Å². The van der Waals surface area contributed by atoms with Crippen molar-refractivity contribution in [1.29, 1.82) is 0 Å². The second-order valence-corrected chi connectivity index (χ2v) is 9.19. The van der Waals surface area contributed by atoms with Crippen molar-refractivity contribution >= 4 is 22.6 Å². The third-order valence-corrected chi connectivity index (χ3v) is 5.81. The topological polar surface area (TPSA) is 0 Å². The number of rotatable bonds is 15. The molecule has 0 radical (unpaired) electrons. The summed E-state index contributed by atoms with van der Waals surface area (Å²) in [7, 11) is 0. The summed E-state index contributed by atoms with van der Waals surface area (Å²) in [6.07, 6.45) is -3.34. The van der Waals surface area contributed by atoms with Crippen LogP contribution >= 0.6 is 22.6 Å². The van der Waals surface area contributed by atoms with Gasteiger partial charge in [-0.15, -0.1) is 0 Å². The van der Waals surface area contributed by atoms with Gasteiger partial charge in [0, 0.05) is 6.08 Å². The maximum absolute atomic E-state index is 13.8. The minimum atomic E-state index is -8.25. The highest BCUT2D eigenvalue weighted by atomic mass is 127. The van der Waals surface area contributed by atoms with E-state index in [0.717, 1.165) is 54.7 Å². The van der Waals surface area contributed by atoms with Crippen molar-refractivity contribution in [2.75, 3.05) is 0 Å². The molecule has 0 spiro atoms. The van der Waals surface area contributed by atoms with Crippen LogP contribution in [0, 0.1) is 0 Å². The van der Waals surface area contributed by atoms with Crippen molar-refractivity contribution in [1.82, 2.24) is 0 Å². The van der Waals surface area contributed by atoms with Crippen LogP contribution < -0.4 is 0 Å². The van der Waals surface area contributed by atoms with E-state index in [1.165, 1.54) is 0 Å². The molecular weight excluding hydrogens is 640 g/mol. The maximum atomic E-state index is 13.8. The van der Waals surface area contributed by atoms with Crippen LogP contribution in [-0.2, 0) is 0 Å². The van der Waals surface area contributed by atoms with Crippen molar-refractivity contribution in [3.8, 4) is 0 Å². The normalized spacial score (nSPS) is 15.6. The molecule has 0 aliphatic carbocycles. The van der Waals surface area contributed by atoms with Gasteiger partial charge in [-0.1, -0.05) is 51.9 Å². The van der Waals surface area contributed by atoms with Crippen LogP contribution in [0.5, 0.6) is 0 Å². The Morgan fingerprint density at radius 3 is 1.26 bits per heavy atom. The molecule has 0 aromatic rings. The van der Waals surface area contributed by atoms with Gasteiger partial charge in [-0.05, 0) is 39.0 Å². The zero-order valence-corrected chi connectivity index (χ0v) is 20.1. The highest BCUT2D eigenvalue weighted by Gasteiger charge is 2.93. The van der Waals surface area contributed by atoms with Crippen molar-refractivity contribution in [3.63, 3.8) is 0 Å². The molecule has 0 aromatic heterocycles. The second-order valence-electron chi connectivity index (χ2n) is 7.81. The summed E-state index contributed by atoms with van der Waals surface area (Å²) in [6.45, 7) is 1.98. The molecule has 0 amide bonds. The Labute approximate surface area is 204 Å². The summed E-state index contributed by atoms with van der Waals surface area (Å²) in [5.74, 6) is -46.3. The van der Waals surface area contributed by atoms with Gasteiger partial charge in [-0.2, -0.15) is 65.9 Å². The molecule has 16 heteroatoms. The second kappa shape index (κ2) is 11.9. The summed E-state index contributed by atoms with van der Waals surface area (Å²) >= 11 is 0.973. The van der Waals surface area contributed by atoms with Gasteiger partial charge < -0.3 is 0 Å². The number of unbranched alkanes of at least 4 members (excludes halogenated alkanes) is 7. The summed E-state index contributed by atoms with van der Waals surface area (Å²) in [5, 5.41) is 0. The first-order chi connectivity index (χ1) is 15.5. The highest BCUT2D eigenvalue weighted by Crippen LogP contribution is 2.62. The molecule has 210 valence electrons. The van der Waals surface area contributed by atoms with E-state index < -0.39 is 57.8 Å². The molecule has 0 saturated heterocycles. The van der Waals surface area contributed by atoms with Gasteiger partial charge in [-0.25, -0.2) is 0 Å². The van der Waals surface area contributed by atoms with Gasteiger partial charge in [0.05, 0.1) is 0 Å². The summed E-state index contributed by atoms with van der Waals surface area (Å²) in [6, 6.07) is 0. The van der Waals surface area contributed by atoms with Gasteiger partial charge in [0.15, 0.2) is 0 Å². The average molecular weight is 662 g/mol. The Morgan fingerprint density at radius 2 is 0.857 bits per heavy atom. The number of allylic oxidation sites excluding steroid dienone is 2. The first kappa shape index (κ1) is 34.4. The van der Waals surface area contributed by atoms with Gasteiger partial charge in [0.25, 0.3) is 0 Å². The lowest BCUT2D eigenvalue weighted by atomic mass is 9.91. The largest absolute Gasteiger partial charge is 0.460 e. The Kier molecular flexibility index (Phi) is 11.7. The van der Waals surface area contributed by atoms with Crippen LogP contribution in [0.15, 0.2) is 9.66 Å². The minimum absolute atomic E-state index is 0.0760. The summed E-state index contributed by atoms with van der Waals surface area (Å²) < 4.78 is 197. The number of alkyl halides is 15. The zero-order chi connectivity index (χ0) is 28.1. The van der Waals surface area contributed by atoms with E-state index in [4.69, 9.17) is 0 Å². The van der Waals surface area contributed by atoms with Gasteiger partial charge in [0.2, 0.25) is 0 Å². The van der Waals surface area contributed by atoms with E-state index in [-0.39, 0.29) is 6.42 Å². The number of hydrogen-bond donors (Lipinski definition) is 0. The van der Waals surface area contributed by atoms with E-state index in [1.807, 2.05) is 6.92 Å². The van der Waals surface area contributed by atoms with E-state index in [2.05, 4.69) is 0 Å². The molecule has 0 aliphatic heterocycles. The van der Waals surface area contributed by atoms with Crippen LogP contribution in [0.3, 0.4) is 0 Å². The van der Waals surface area contributed by atoms with Crippen LogP contribution in [0.1, 0.15) is 64.7 Å². The number of halogens is 16. The van der Waals surface area contributed by atoms with Crippen LogP contribution in [0.4, 0.5) is 65.9 Å². The van der Waals surface area contributed by atoms with Gasteiger partial charge in [-0.3, -0.25) is 0 Å². The fourth-order valence-electron chi connectivity index (χ4n) is 2.77. The third-order valence-electron chi connectivity index (χ3n) is 4.96. The Morgan fingerprint density at radius 1 is 0.514 bits per heavy atom. The lowest BCUT2D eigenvalue weighted by Gasteiger charge is -2.41. The van der Waals surface area contributed by atoms with E-state index >= 15 is 0 Å². The Bertz CT molecular complexity index is 695. The smallest absolute Gasteiger partial charge is 0.195 e. The lowest BCUT2D eigenvalue weighted by molar-refractivity contribution is -0.449. The molecule has 35 heavy (non-hydrogen) atoms. The van der Waals surface area contributed by atoms with Crippen LogP contribution in [0.25, 0.3) is 0 Å². The molecule has 0 unspecified atom stereocenters. The lowest BCUT2D eigenvalue weighted by Crippen LogP contribution is -2.72. The summed E-state index contributed by atoms with van der Waals surface area (Å²) in [5.41, 5.74) is 0. The SMILES string of the molecule is CCCCCCCCCCC(I)=CC(F)(F)C(F)(F)C(F)(F)C(F)(F)C(F)(F)C(F)(F)C(F)(F)F. The molecule has 0 atom stereocenters. The molecule has 0 bridgehead atoms. The monoisotopic (exact) mass is 662 g/mol. The third kappa shape index (κ3) is 7.05. The molecule has 0 aromatic carbocycles. The molecule has 0 rings (SSSR count). The standard InChI is InChI=1S/C19H22F15I/c1-2-3-4-5-6-7-8-9-10-12(35)11-13(20,21)14(22,23)15(24,25)16(26,27)17(28,29)18(30,31)19(32,33)34/h11H,2-10H2,1H3. The predicted molar refractivity (Wildman–Crippen MR) is 105 cm³/mol. The minimum Gasteiger partial charge on any atom is -0.195 e. The van der Waals surface area contributed by atoms with Crippen molar-refractivity contribution in [2.45, 2.75) is 106 Å².